The molecule has 1 aliphatic rings. The highest BCUT2D eigenvalue weighted by molar-refractivity contribution is 5.87. The lowest BCUT2D eigenvalue weighted by molar-refractivity contribution is -0.127. The van der Waals surface area contributed by atoms with Crippen LogP contribution < -0.4 is 10.6 Å². The maximum absolute atomic E-state index is 12.7. The van der Waals surface area contributed by atoms with Crippen LogP contribution in [0.15, 0.2) is 48.5 Å². The van der Waals surface area contributed by atoms with Gasteiger partial charge < -0.3 is 10.6 Å². The van der Waals surface area contributed by atoms with Gasteiger partial charge in [-0.15, -0.1) is 0 Å². The molecule has 1 amide bonds. The number of nitrogens with one attached hydrogen (secondary N) is 2. The van der Waals surface area contributed by atoms with Crippen LogP contribution in [0.1, 0.15) is 37.8 Å². The number of hydrogen-bond donors (Lipinski definition) is 2. The van der Waals surface area contributed by atoms with Crippen LogP contribution in [-0.4, -0.2) is 24.0 Å². The molecule has 1 atom stereocenters. The van der Waals surface area contributed by atoms with Crippen molar-refractivity contribution in [2.75, 3.05) is 6.54 Å². The Labute approximate surface area is 150 Å². The summed E-state index contributed by atoms with van der Waals surface area (Å²) in [6.07, 6.45) is 2.68. The van der Waals surface area contributed by atoms with Gasteiger partial charge in [0.15, 0.2) is 0 Å². The van der Waals surface area contributed by atoms with Gasteiger partial charge in [0.05, 0.1) is 0 Å². The molecule has 1 unspecified atom stereocenters. The second-order valence-electron chi connectivity index (χ2n) is 7.48. The van der Waals surface area contributed by atoms with Crippen molar-refractivity contribution >= 4 is 5.91 Å². The normalized spacial score (nSPS) is 20.0. The van der Waals surface area contributed by atoms with Crippen LogP contribution in [0.2, 0.25) is 0 Å². The Hall–Kier alpha value is -2.13. The van der Waals surface area contributed by atoms with Gasteiger partial charge in [0.25, 0.3) is 0 Å². The average Bonchev–Trinajstić information content (AvgIpc) is 3.05. The summed E-state index contributed by atoms with van der Waals surface area (Å²) in [5.74, 6) is 0.128. The first-order valence-electron chi connectivity index (χ1n) is 9.20. The van der Waals surface area contributed by atoms with Crippen LogP contribution in [0.5, 0.6) is 0 Å². The van der Waals surface area contributed by atoms with Crippen molar-refractivity contribution in [3.63, 3.8) is 0 Å². The van der Waals surface area contributed by atoms with Crippen molar-refractivity contribution in [3.05, 3.63) is 59.7 Å². The summed E-state index contributed by atoms with van der Waals surface area (Å²) in [4.78, 5) is 12.7. The quantitative estimate of drug-likeness (QED) is 0.871. The maximum Gasteiger partial charge on any atom is 0.240 e. The number of amides is 1. The summed E-state index contributed by atoms with van der Waals surface area (Å²) in [6.45, 7) is 7.04. The zero-order chi connectivity index (χ0) is 17.9. The van der Waals surface area contributed by atoms with E-state index in [-0.39, 0.29) is 11.9 Å². The van der Waals surface area contributed by atoms with Crippen molar-refractivity contribution < 1.29 is 4.79 Å². The molecule has 1 fully saturated rings. The lowest BCUT2D eigenvalue weighted by Crippen LogP contribution is -2.56. The van der Waals surface area contributed by atoms with E-state index in [9.17, 15) is 4.79 Å². The molecule has 2 aromatic carbocycles. The second kappa shape index (κ2) is 7.40. The lowest BCUT2D eigenvalue weighted by Gasteiger charge is -2.29. The number of rotatable bonds is 5. The third-order valence-corrected chi connectivity index (χ3v) is 4.91. The van der Waals surface area contributed by atoms with Crippen LogP contribution in [0.4, 0.5) is 0 Å². The molecule has 25 heavy (non-hydrogen) atoms. The largest absolute Gasteiger partial charge is 0.352 e. The Bertz CT molecular complexity index is 728. The topological polar surface area (TPSA) is 41.1 Å². The summed E-state index contributed by atoms with van der Waals surface area (Å²) < 4.78 is 0. The minimum absolute atomic E-state index is 0.128. The zero-order valence-electron chi connectivity index (χ0n) is 15.4. The third kappa shape index (κ3) is 4.10. The Morgan fingerprint density at radius 2 is 1.92 bits per heavy atom. The van der Waals surface area contributed by atoms with E-state index >= 15 is 0 Å². The minimum Gasteiger partial charge on any atom is -0.352 e. The highest BCUT2D eigenvalue weighted by Crippen LogP contribution is 2.27. The van der Waals surface area contributed by atoms with Crippen molar-refractivity contribution in [3.8, 4) is 11.1 Å². The van der Waals surface area contributed by atoms with E-state index in [1.807, 2.05) is 13.8 Å². The molecular weight excluding hydrogens is 308 g/mol. The number of aryl methyl sites for hydroxylation is 1. The van der Waals surface area contributed by atoms with E-state index < -0.39 is 5.54 Å². The molecule has 2 aromatic rings. The fraction of sp³-hybridized carbons (Fsp3) is 0.409. The molecule has 0 spiro atoms. The Morgan fingerprint density at radius 1 is 1.16 bits per heavy atom. The Balaban J connectivity index is 1.78. The van der Waals surface area contributed by atoms with Gasteiger partial charge in [0.2, 0.25) is 5.91 Å². The Kier molecular flexibility index (Phi) is 5.24. The molecule has 3 heteroatoms. The van der Waals surface area contributed by atoms with Gasteiger partial charge in [0.1, 0.15) is 5.54 Å². The van der Waals surface area contributed by atoms with Gasteiger partial charge in [-0.05, 0) is 63.3 Å². The first-order valence-corrected chi connectivity index (χ1v) is 9.20. The molecule has 1 heterocycles. The first-order chi connectivity index (χ1) is 12.0. The fourth-order valence-electron chi connectivity index (χ4n) is 3.62. The molecule has 3 rings (SSSR count). The molecule has 132 valence electrons. The second-order valence-corrected chi connectivity index (χ2v) is 7.48. The van der Waals surface area contributed by atoms with Crippen molar-refractivity contribution in [2.45, 2.75) is 51.6 Å². The smallest absolute Gasteiger partial charge is 0.240 e. The van der Waals surface area contributed by atoms with Gasteiger partial charge >= 0.3 is 0 Å². The molecule has 0 radical (unpaired) electrons. The molecule has 1 aliphatic heterocycles. The van der Waals surface area contributed by atoms with E-state index in [2.05, 4.69) is 66.1 Å². The molecule has 2 N–H and O–H groups in total. The van der Waals surface area contributed by atoms with E-state index in [1.54, 1.807) is 0 Å². The fourth-order valence-corrected chi connectivity index (χ4v) is 3.62. The minimum atomic E-state index is -0.463. The molecule has 1 saturated heterocycles. The van der Waals surface area contributed by atoms with E-state index in [0.29, 0.717) is 0 Å². The van der Waals surface area contributed by atoms with E-state index in [1.165, 1.54) is 22.3 Å². The van der Waals surface area contributed by atoms with E-state index in [4.69, 9.17) is 0 Å². The SMILES string of the molecule is Cc1cccc(-c2ccc(CC3(C(=O)NC(C)C)CCCN3)cc2)c1. The monoisotopic (exact) mass is 336 g/mol. The molecule has 0 saturated carbocycles. The van der Waals surface area contributed by atoms with Crippen molar-refractivity contribution in [2.24, 2.45) is 0 Å². The number of carbonyl (C=O) groups is 1. The predicted octanol–water partition coefficient (Wildman–Crippen LogP) is 3.85. The average molecular weight is 336 g/mol. The van der Waals surface area contributed by atoms with Crippen LogP contribution >= 0.6 is 0 Å². The Morgan fingerprint density at radius 3 is 2.52 bits per heavy atom. The highest BCUT2D eigenvalue weighted by atomic mass is 16.2. The van der Waals surface area contributed by atoms with Crippen LogP contribution in [0.25, 0.3) is 11.1 Å². The lowest BCUT2D eigenvalue weighted by atomic mass is 9.87. The zero-order valence-corrected chi connectivity index (χ0v) is 15.4. The maximum atomic E-state index is 12.7. The van der Waals surface area contributed by atoms with Crippen molar-refractivity contribution in [1.29, 1.82) is 0 Å². The summed E-state index contributed by atoms with van der Waals surface area (Å²) >= 11 is 0. The summed E-state index contributed by atoms with van der Waals surface area (Å²) in [5.41, 5.74) is 4.45. The van der Waals surface area contributed by atoms with Gasteiger partial charge in [0, 0.05) is 6.04 Å². The molecule has 0 aliphatic carbocycles. The summed E-state index contributed by atoms with van der Waals surface area (Å²) in [6, 6.07) is 17.3. The first kappa shape index (κ1) is 17.7. The number of carbonyl (C=O) groups excluding carboxylic acids is 1. The molecular formula is C22H28N2O. The van der Waals surface area contributed by atoms with Gasteiger partial charge in [-0.2, -0.15) is 0 Å². The standard InChI is InChI=1S/C22H28N2O/c1-16(2)24-21(25)22(12-5-13-23-22)15-18-8-10-19(11-9-18)20-7-4-6-17(3)14-20/h4,6-11,14,16,23H,5,12-13,15H2,1-3H3,(H,24,25). The van der Waals surface area contributed by atoms with Crippen LogP contribution in [0, 0.1) is 6.92 Å². The van der Waals surface area contributed by atoms with Gasteiger partial charge in [-0.25, -0.2) is 0 Å². The van der Waals surface area contributed by atoms with Crippen LogP contribution in [0.3, 0.4) is 0 Å². The predicted molar refractivity (Wildman–Crippen MR) is 104 cm³/mol. The van der Waals surface area contributed by atoms with Gasteiger partial charge in [-0.3, -0.25) is 4.79 Å². The molecule has 0 aromatic heterocycles. The van der Waals surface area contributed by atoms with E-state index in [0.717, 1.165) is 25.8 Å². The number of benzene rings is 2. The number of hydrogen-bond acceptors (Lipinski definition) is 2. The summed E-state index contributed by atoms with van der Waals surface area (Å²) in [7, 11) is 0. The van der Waals surface area contributed by atoms with Gasteiger partial charge in [-0.1, -0.05) is 54.1 Å². The molecule has 3 nitrogen and oxygen atoms in total. The summed E-state index contributed by atoms with van der Waals surface area (Å²) in [5, 5.41) is 6.55. The van der Waals surface area contributed by atoms with Crippen molar-refractivity contribution in [1.82, 2.24) is 10.6 Å². The third-order valence-electron chi connectivity index (χ3n) is 4.91. The highest BCUT2D eigenvalue weighted by Gasteiger charge is 2.40. The van der Waals surface area contributed by atoms with Crippen LogP contribution in [-0.2, 0) is 11.2 Å². The molecule has 0 bridgehead atoms.